The molecule has 326 valence electrons. The lowest BCUT2D eigenvalue weighted by molar-refractivity contribution is -0.320. The third-order valence-corrected chi connectivity index (χ3v) is 12.4. The maximum absolute atomic E-state index is 14.3. The summed E-state index contributed by atoms with van der Waals surface area (Å²) in [7, 11) is 6.79. The number of cyclic esters (lactones) is 1. The van der Waals surface area contributed by atoms with Crippen molar-refractivity contribution in [1.29, 1.82) is 0 Å². The third kappa shape index (κ3) is 10.8. The molecule has 16 heteroatoms. The normalized spacial score (nSPS) is 46.3. The van der Waals surface area contributed by atoms with Gasteiger partial charge >= 0.3 is 11.9 Å². The van der Waals surface area contributed by atoms with Crippen molar-refractivity contribution in [3.8, 4) is 0 Å². The van der Waals surface area contributed by atoms with E-state index in [1.165, 1.54) is 35.0 Å². The predicted octanol–water partition coefficient (Wildman–Crippen LogP) is 2.31. The Balaban J connectivity index is 2.27. The molecule has 5 unspecified atom stereocenters. The summed E-state index contributed by atoms with van der Waals surface area (Å²) in [6.45, 7) is 18.3. The number of ether oxygens (including phenoxy) is 8. The Labute approximate surface area is 333 Å². The van der Waals surface area contributed by atoms with E-state index in [1.807, 2.05) is 39.8 Å². The number of hydrogen-bond acceptors (Lipinski definition) is 15. The molecule has 0 radical (unpaired) electrons. The molecule has 18 atom stereocenters. The number of nitrogens with one attached hydrogen (secondary N) is 1. The summed E-state index contributed by atoms with van der Waals surface area (Å²) in [6.07, 6.45) is -8.80. The first-order chi connectivity index (χ1) is 25.9. The van der Waals surface area contributed by atoms with E-state index in [-0.39, 0.29) is 31.4 Å². The monoisotopic (exact) mass is 804 g/mol. The Morgan fingerprint density at radius 3 is 2.04 bits per heavy atom. The van der Waals surface area contributed by atoms with Gasteiger partial charge in [-0.2, -0.15) is 0 Å². The van der Waals surface area contributed by atoms with E-state index in [0.29, 0.717) is 6.42 Å². The molecule has 0 bridgehead atoms. The van der Waals surface area contributed by atoms with Gasteiger partial charge in [-0.3, -0.25) is 14.4 Å². The summed E-state index contributed by atoms with van der Waals surface area (Å²) in [5.41, 5.74) is -4.31. The molecule has 0 saturated carbocycles. The summed E-state index contributed by atoms with van der Waals surface area (Å²) in [4.78, 5) is 42.4. The largest absolute Gasteiger partial charge is 0.459 e. The molecule has 1 amide bonds. The van der Waals surface area contributed by atoms with Crippen LogP contribution in [0.5, 0.6) is 0 Å². The fourth-order valence-electron chi connectivity index (χ4n) is 8.75. The van der Waals surface area contributed by atoms with Gasteiger partial charge in [-0.25, -0.2) is 0 Å². The van der Waals surface area contributed by atoms with Gasteiger partial charge in [0.2, 0.25) is 5.91 Å². The van der Waals surface area contributed by atoms with Crippen LogP contribution >= 0.6 is 0 Å². The highest BCUT2D eigenvalue weighted by Gasteiger charge is 2.54. The number of hydrogen-bond donors (Lipinski definition) is 4. The maximum Gasteiger partial charge on any atom is 0.311 e. The number of carbonyl (C=O) groups is 3. The minimum atomic E-state index is -2.01. The summed E-state index contributed by atoms with van der Waals surface area (Å²) >= 11 is 0. The molecule has 0 aromatic heterocycles. The average Bonchev–Trinajstić information content (AvgIpc) is 3.12. The lowest BCUT2D eigenvalue weighted by Crippen LogP contribution is -2.61. The smallest absolute Gasteiger partial charge is 0.311 e. The number of rotatable bonds is 9. The highest BCUT2D eigenvalue weighted by molar-refractivity contribution is 5.79. The van der Waals surface area contributed by atoms with Crippen molar-refractivity contribution >= 4 is 17.8 Å². The van der Waals surface area contributed by atoms with Crippen LogP contribution in [-0.2, 0) is 52.3 Å². The molecule has 4 N–H and O–H groups in total. The van der Waals surface area contributed by atoms with Crippen LogP contribution in [0.4, 0.5) is 0 Å². The van der Waals surface area contributed by atoms with Crippen molar-refractivity contribution < 1.29 is 67.6 Å². The SMILES string of the molecule is CC[C@H]1OC(=O)[C@H](C)[C@@H](OC2C[C@@](C)(OC)[C@H](O)C(C)O2)[C@H](C)C(OC2OC(C)C[C@H](N(C)C)[C@H]2OC(C)=O)[C@](C)(OC)C[C@@H](C)NC(=O)[C@H](C)[C@@H](O)[C@]1(C)O. The van der Waals surface area contributed by atoms with Gasteiger partial charge in [-0.05, 0) is 81.8 Å². The average molecular weight is 805 g/mol. The first-order valence-corrected chi connectivity index (χ1v) is 20.0. The molecule has 3 heterocycles. The van der Waals surface area contributed by atoms with Gasteiger partial charge in [0.25, 0.3) is 0 Å². The van der Waals surface area contributed by atoms with E-state index in [4.69, 9.17) is 37.9 Å². The van der Waals surface area contributed by atoms with Crippen molar-refractivity contribution in [3.05, 3.63) is 0 Å². The Kier molecular flexibility index (Phi) is 16.7. The zero-order valence-corrected chi connectivity index (χ0v) is 36.3. The molecule has 16 nitrogen and oxygen atoms in total. The van der Waals surface area contributed by atoms with Gasteiger partial charge in [0.1, 0.15) is 17.8 Å². The molecular weight excluding hydrogens is 732 g/mol. The molecule has 0 aliphatic carbocycles. The zero-order chi connectivity index (χ0) is 42.7. The second-order valence-corrected chi connectivity index (χ2v) is 17.3. The topological polar surface area (TPSA) is 201 Å². The number of carbonyl (C=O) groups excluding carboxylic acids is 3. The second kappa shape index (κ2) is 19.4. The Hall–Kier alpha value is -1.99. The molecule has 3 rings (SSSR count). The van der Waals surface area contributed by atoms with Gasteiger partial charge in [-0.1, -0.05) is 20.8 Å². The van der Waals surface area contributed by atoms with Crippen molar-refractivity contribution in [2.24, 2.45) is 17.8 Å². The Morgan fingerprint density at radius 1 is 0.893 bits per heavy atom. The third-order valence-electron chi connectivity index (χ3n) is 12.4. The fraction of sp³-hybridized carbons (Fsp3) is 0.925. The van der Waals surface area contributed by atoms with Gasteiger partial charge in [0, 0.05) is 39.5 Å². The van der Waals surface area contributed by atoms with Crippen molar-refractivity contribution in [2.45, 2.75) is 192 Å². The summed E-state index contributed by atoms with van der Waals surface area (Å²) < 4.78 is 50.4. The molecule has 3 saturated heterocycles. The van der Waals surface area contributed by atoms with Gasteiger partial charge < -0.3 is 63.4 Å². The molecular formula is C40H72N2O14. The van der Waals surface area contributed by atoms with E-state index in [2.05, 4.69) is 5.32 Å². The van der Waals surface area contributed by atoms with Crippen LogP contribution < -0.4 is 5.32 Å². The van der Waals surface area contributed by atoms with Gasteiger partial charge in [0.05, 0.1) is 59.6 Å². The molecule has 3 aliphatic rings. The number of amides is 1. The van der Waals surface area contributed by atoms with E-state index in [0.717, 1.165) is 0 Å². The van der Waals surface area contributed by atoms with Crippen LogP contribution in [0.1, 0.15) is 102 Å². The van der Waals surface area contributed by atoms with E-state index >= 15 is 0 Å². The first kappa shape index (κ1) is 48.4. The minimum absolute atomic E-state index is 0.106. The van der Waals surface area contributed by atoms with Crippen LogP contribution in [-0.4, -0.2) is 157 Å². The van der Waals surface area contributed by atoms with Crippen molar-refractivity contribution in [3.63, 3.8) is 0 Å². The molecule has 0 aromatic rings. The Bertz CT molecular complexity index is 1320. The van der Waals surface area contributed by atoms with Crippen molar-refractivity contribution in [2.75, 3.05) is 28.3 Å². The van der Waals surface area contributed by atoms with Crippen LogP contribution in [0.2, 0.25) is 0 Å². The molecule has 3 fully saturated rings. The van der Waals surface area contributed by atoms with E-state index in [9.17, 15) is 29.7 Å². The van der Waals surface area contributed by atoms with Crippen molar-refractivity contribution in [1.82, 2.24) is 10.2 Å². The predicted molar refractivity (Wildman–Crippen MR) is 204 cm³/mol. The fourth-order valence-corrected chi connectivity index (χ4v) is 8.75. The summed E-state index contributed by atoms with van der Waals surface area (Å²) in [5, 5.41) is 37.0. The number of esters is 2. The summed E-state index contributed by atoms with van der Waals surface area (Å²) in [5.74, 6) is -4.69. The zero-order valence-electron chi connectivity index (χ0n) is 36.3. The number of nitrogens with zero attached hydrogens (tertiary/aromatic N) is 1. The number of likely N-dealkylation sites (N-methyl/N-ethyl adjacent to an activating group) is 1. The highest BCUT2D eigenvalue weighted by atomic mass is 16.7. The van der Waals surface area contributed by atoms with Crippen LogP contribution in [0, 0.1) is 17.8 Å². The quantitative estimate of drug-likeness (QED) is 0.247. The molecule has 3 aliphatic heterocycles. The van der Waals surface area contributed by atoms with Crippen LogP contribution in [0.3, 0.4) is 0 Å². The molecule has 0 spiro atoms. The van der Waals surface area contributed by atoms with Crippen LogP contribution in [0.15, 0.2) is 0 Å². The number of aliphatic hydroxyl groups excluding tert-OH is 2. The minimum Gasteiger partial charge on any atom is -0.459 e. The number of methoxy groups -OCH3 is 2. The van der Waals surface area contributed by atoms with Gasteiger partial charge in [0.15, 0.2) is 18.7 Å². The van der Waals surface area contributed by atoms with E-state index < -0.39 is 114 Å². The van der Waals surface area contributed by atoms with Crippen LogP contribution in [0.25, 0.3) is 0 Å². The highest BCUT2D eigenvalue weighted by Crippen LogP contribution is 2.41. The Morgan fingerprint density at radius 2 is 1.50 bits per heavy atom. The van der Waals surface area contributed by atoms with E-state index in [1.54, 1.807) is 34.6 Å². The second-order valence-electron chi connectivity index (χ2n) is 17.3. The standard InChI is InChI=1S/C40H72N2O14/c1-16-28-40(11,48)32(44)24(6)35(46)41-20(2)18-39(10,50-15)34(56-37-31(53-26(8)43)27(42(12)13)17-21(3)51-37)22(4)30(23(5)36(47)54-28)55-29-19-38(9,49-14)33(45)25(7)52-29/h20-25,27-34,37,44-45,48H,16-19H2,1-15H3,(H,41,46)/t20-,21?,22+,23-,24-,25?,27+,28-,29?,30+,31-,32-,33-,34?,37?,38-,39-,40-/m1/s1. The number of aliphatic hydroxyl groups is 3. The summed E-state index contributed by atoms with van der Waals surface area (Å²) in [6, 6.07) is -0.844. The maximum atomic E-state index is 14.3. The molecule has 56 heavy (non-hydrogen) atoms. The molecule has 0 aromatic carbocycles. The first-order valence-electron chi connectivity index (χ1n) is 20.0. The lowest BCUT2D eigenvalue weighted by Gasteiger charge is -2.50. The lowest BCUT2D eigenvalue weighted by atomic mass is 9.78. The van der Waals surface area contributed by atoms with Gasteiger partial charge in [-0.15, -0.1) is 0 Å².